The van der Waals surface area contributed by atoms with Gasteiger partial charge >= 0.3 is 0 Å². The number of aliphatic imine (C=N–C) groups is 1. The van der Waals surface area contributed by atoms with E-state index < -0.39 is 14.9 Å². The molecular formula is C16H24N8O4S. The highest BCUT2D eigenvalue weighted by molar-refractivity contribution is 7.89. The summed E-state index contributed by atoms with van der Waals surface area (Å²) in [5.74, 6) is 1.41. The number of nitro benzene ring substituents is 1. The van der Waals surface area contributed by atoms with Crippen molar-refractivity contribution in [3.8, 4) is 0 Å². The normalized spacial score (nSPS) is 12.0. The number of nitrogens with one attached hydrogen (secondary N) is 3. The number of aryl methyl sites for hydroxylation is 1. The third-order valence-corrected chi connectivity index (χ3v) is 5.39. The van der Waals surface area contributed by atoms with Crippen LogP contribution >= 0.6 is 0 Å². The molecule has 1 aromatic carbocycles. The van der Waals surface area contributed by atoms with E-state index in [1.165, 1.54) is 18.2 Å². The van der Waals surface area contributed by atoms with Crippen molar-refractivity contribution in [2.24, 2.45) is 4.99 Å². The first-order valence-electron chi connectivity index (χ1n) is 8.92. The molecule has 3 N–H and O–H groups in total. The lowest BCUT2D eigenvalue weighted by Gasteiger charge is -2.13. The molecule has 0 bridgehead atoms. The molecule has 0 saturated heterocycles. The minimum Gasteiger partial charge on any atom is -0.355 e. The van der Waals surface area contributed by atoms with E-state index in [1.54, 1.807) is 13.4 Å². The van der Waals surface area contributed by atoms with Gasteiger partial charge < -0.3 is 15.2 Å². The van der Waals surface area contributed by atoms with E-state index in [2.05, 4.69) is 30.5 Å². The van der Waals surface area contributed by atoms with Gasteiger partial charge in [-0.2, -0.15) is 0 Å². The lowest BCUT2D eigenvalue weighted by molar-refractivity contribution is -0.385. The summed E-state index contributed by atoms with van der Waals surface area (Å²) >= 11 is 0. The number of benzene rings is 1. The summed E-state index contributed by atoms with van der Waals surface area (Å²) in [6.07, 6.45) is 2.46. The highest BCUT2D eigenvalue weighted by Crippen LogP contribution is 2.16. The van der Waals surface area contributed by atoms with Crippen LogP contribution in [0.4, 0.5) is 5.69 Å². The van der Waals surface area contributed by atoms with Gasteiger partial charge in [0.05, 0.1) is 9.82 Å². The molecule has 29 heavy (non-hydrogen) atoms. The Labute approximate surface area is 168 Å². The van der Waals surface area contributed by atoms with Gasteiger partial charge in [0.2, 0.25) is 10.0 Å². The lowest BCUT2D eigenvalue weighted by atomic mass is 10.3. The maximum Gasteiger partial charge on any atom is 0.270 e. The van der Waals surface area contributed by atoms with Crippen molar-refractivity contribution in [1.29, 1.82) is 0 Å². The van der Waals surface area contributed by atoms with E-state index in [1.807, 2.05) is 11.5 Å². The number of non-ortho nitro benzene ring substituents is 1. The molecule has 12 nitrogen and oxygen atoms in total. The van der Waals surface area contributed by atoms with Gasteiger partial charge in [0, 0.05) is 51.8 Å². The summed E-state index contributed by atoms with van der Waals surface area (Å²) in [5, 5.41) is 24.8. The van der Waals surface area contributed by atoms with Crippen LogP contribution in [0.15, 0.2) is 40.5 Å². The maximum atomic E-state index is 12.3. The Morgan fingerprint density at radius 1 is 1.28 bits per heavy atom. The fraction of sp³-hybridized carbons (Fsp3) is 0.438. The van der Waals surface area contributed by atoms with Crippen LogP contribution in [0.3, 0.4) is 0 Å². The fourth-order valence-corrected chi connectivity index (χ4v) is 3.54. The molecule has 0 aliphatic heterocycles. The van der Waals surface area contributed by atoms with Gasteiger partial charge in [-0.05, 0) is 6.07 Å². The van der Waals surface area contributed by atoms with Crippen LogP contribution in [-0.4, -0.2) is 60.7 Å². The fourth-order valence-electron chi connectivity index (χ4n) is 2.47. The van der Waals surface area contributed by atoms with Crippen LogP contribution in [0.25, 0.3) is 0 Å². The molecular weight excluding hydrogens is 400 g/mol. The largest absolute Gasteiger partial charge is 0.355 e. The standard InChI is InChI=1S/C16H24N8O4S/c1-3-15-22-20-12-23(15)10-9-19-16(17-2)18-7-8-21-29(27,28)14-6-4-5-13(11-14)24(25)26/h4-6,11-12,21H,3,7-10H2,1-2H3,(H2,17,18,19). The molecule has 0 amide bonds. The van der Waals surface area contributed by atoms with E-state index in [0.29, 0.717) is 19.0 Å². The van der Waals surface area contributed by atoms with E-state index >= 15 is 0 Å². The second-order valence-corrected chi connectivity index (χ2v) is 7.64. The first kappa shape index (κ1) is 22.2. The van der Waals surface area contributed by atoms with Crippen molar-refractivity contribution in [2.45, 2.75) is 24.8 Å². The molecule has 0 saturated carbocycles. The van der Waals surface area contributed by atoms with Crippen molar-refractivity contribution in [3.05, 3.63) is 46.5 Å². The summed E-state index contributed by atoms with van der Waals surface area (Å²) in [4.78, 5) is 14.1. The Balaban J connectivity index is 1.77. The molecule has 0 atom stereocenters. The highest BCUT2D eigenvalue weighted by atomic mass is 32.2. The predicted molar refractivity (Wildman–Crippen MR) is 107 cm³/mol. The number of hydrogen-bond donors (Lipinski definition) is 3. The van der Waals surface area contributed by atoms with E-state index in [9.17, 15) is 18.5 Å². The molecule has 1 aromatic heterocycles. The summed E-state index contributed by atoms with van der Waals surface area (Å²) < 4.78 is 28.9. The minimum absolute atomic E-state index is 0.0805. The first-order chi connectivity index (χ1) is 13.9. The molecule has 0 spiro atoms. The van der Waals surface area contributed by atoms with Gasteiger partial charge in [-0.15, -0.1) is 10.2 Å². The van der Waals surface area contributed by atoms with Gasteiger partial charge in [-0.3, -0.25) is 15.1 Å². The molecule has 0 fully saturated rings. The van der Waals surface area contributed by atoms with Crippen LogP contribution in [0.1, 0.15) is 12.7 Å². The Kier molecular flexibility index (Phi) is 8.03. The van der Waals surface area contributed by atoms with E-state index in [0.717, 1.165) is 18.3 Å². The Morgan fingerprint density at radius 3 is 2.72 bits per heavy atom. The van der Waals surface area contributed by atoms with Crippen LogP contribution in [0, 0.1) is 10.1 Å². The zero-order valence-electron chi connectivity index (χ0n) is 16.2. The number of aromatic nitrogens is 3. The van der Waals surface area contributed by atoms with E-state index in [4.69, 9.17) is 0 Å². The van der Waals surface area contributed by atoms with Crippen LogP contribution in [-0.2, 0) is 23.0 Å². The molecule has 158 valence electrons. The number of nitrogens with zero attached hydrogens (tertiary/aromatic N) is 5. The van der Waals surface area contributed by atoms with Crippen LogP contribution in [0.2, 0.25) is 0 Å². The Morgan fingerprint density at radius 2 is 2.03 bits per heavy atom. The first-order valence-corrected chi connectivity index (χ1v) is 10.4. The molecule has 13 heteroatoms. The average molecular weight is 424 g/mol. The average Bonchev–Trinajstić information content (AvgIpc) is 3.17. The molecule has 1 heterocycles. The van der Waals surface area contributed by atoms with Crippen molar-refractivity contribution in [2.75, 3.05) is 26.7 Å². The Bertz CT molecular complexity index is 957. The molecule has 0 aliphatic carbocycles. The predicted octanol–water partition coefficient (Wildman–Crippen LogP) is -0.108. The van der Waals surface area contributed by atoms with Crippen molar-refractivity contribution >= 4 is 21.7 Å². The van der Waals surface area contributed by atoms with Crippen molar-refractivity contribution in [1.82, 2.24) is 30.1 Å². The van der Waals surface area contributed by atoms with Crippen LogP contribution < -0.4 is 15.4 Å². The van der Waals surface area contributed by atoms with Gasteiger partial charge in [-0.1, -0.05) is 13.0 Å². The third kappa shape index (κ3) is 6.50. The lowest BCUT2D eigenvalue weighted by Crippen LogP contribution is -2.42. The monoisotopic (exact) mass is 424 g/mol. The highest BCUT2D eigenvalue weighted by Gasteiger charge is 2.17. The second-order valence-electron chi connectivity index (χ2n) is 5.87. The number of nitro groups is 1. The minimum atomic E-state index is -3.85. The summed E-state index contributed by atoms with van der Waals surface area (Å²) in [7, 11) is -2.24. The number of hydrogen-bond acceptors (Lipinski definition) is 7. The molecule has 2 rings (SSSR count). The maximum absolute atomic E-state index is 12.3. The third-order valence-electron chi connectivity index (χ3n) is 3.93. The molecule has 0 radical (unpaired) electrons. The topological polar surface area (TPSA) is 156 Å². The number of rotatable bonds is 10. The van der Waals surface area contributed by atoms with Crippen LogP contribution in [0.5, 0.6) is 0 Å². The molecule has 2 aromatic rings. The second kappa shape index (κ2) is 10.5. The summed E-state index contributed by atoms with van der Waals surface area (Å²) in [6, 6.07) is 4.89. The zero-order chi connectivity index (χ0) is 21.3. The molecule has 0 aliphatic rings. The zero-order valence-corrected chi connectivity index (χ0v) is 17.0. The van der Waals surface area contributed by atoms with Crippen molar-refractivity contribution in [3.63, 3.8) is 0 Å². The van der Waals surface area contributed by atoms with Gasteiger partial charge in [0.15, 0.2) is 5.96 Å². The quantitative estimate of drug-likeness (QED) is 0.157. The SMILES string of the molecule is CCc1nncn1CCNC(=NC)NCCNS(=O)(=O)c1cccc([N+](=O)[O-])c1. The summed E-state index contributed by atoms with van der Waals surface area (Å²) in [6.45, 7) is 3.61. The Hall–Kier alpha value is -3.06. The van der Waals surface area contributed by atoms with Gasteiger partial charge in [-0.25, -0.2) is 13.1 Å². The smallest absolute Gasteiger partial charge is 0.270 e. The van der Waals surface area contributed by atoms with E-state index in [-0.39, 0.29) is 23.7 Å². The number of guanidine groups is 1. The van der Waals surface area contributed by atoms with Crippen molar-refractivity contribution < 1.29 is 13.3 Å². The summed E-state index contributed by atoms with van der Waals surface area (Å²) in [5.41, 5.74) is -0.282. The van der Waals surface area contributed by atoms with Gasteiger partial charge in [0.1, 0.15) is 12.2 Å². The van der Waals surface area contributed by atoms with Gasteiger partial charge in [0.25, 0.3) is 5.69 Å². The molecule has 0 unspecified atom stereocenters. The number of sulfonamides is 1.